The summed E-state index contributed by atoms with van der Waals surface area (Å²) >= 11 is 1.16. The van der Waals surface area contributed by atoms with Crippen molar-refractivity contribution < 1.29 is 9.13 Å². The number of nitrogens with zero attached hydrogens (tertiary/aromatic N) is 3. The summed E-state index contributed by atoms with van der Waals surface area (Å²) in [5.41, 5.74) is 0.807. The molecular weight excluding hydrogens is 243 g/mol. The minimum Gasteiger partial charge on any atom is -0.491 e. The van der Waals surface area contributed by atoms with Gasteiger partial charge in [0.2, 0.25) is 5.13 Å². The van der Waals surface area contributed by atoms with E-state index in [-0.39, 0.29) is 11.6 Å². The number of aromatic nitrogens is 3. The van der Waals surface area contributed by atoms with Gasteiger partial charge in [0.05, 0.1) is 6.61 Å². The summed E-state index contributed by atoms with van der Waals surface area (Å²) in [6.45, 7) is 2.74. The predicted octanol–water partition coefficient (Wildman–Crippen LogP) is 2.08. The lowest BCUT2D eigenvalue weighted by Crippen LogP contribution is -2.01. The first-order valence-electron chi connectivity index (χ1n) is 5.09. The van der Waals surface area contributed by atoms with E-state index in [4.69, 9.17) is 4.74 Å². The molecular formula is C10H11FN4OS. The van der Waals surface area contributed by atoms with Crippen molar-refractivity contribution in [3.63, 3.8) is 0 Å². The van der Waals surface area contributed by atoms with E-state index in [1.54, 1.807) is 12.1 Å². The van der Waals surface area contributed by atoms with Crippen LogP contribution in [0.15, 0.2) is 18.2 Å². The predicted molar refractivity (Wildman–Crippen MR) is 62.6 cm³/mol. The van der Waals surface area contributed by atoms with Crippen LogP contribution >= 0.6 is 11.5 Å². The maximum Gasteiger partial charge on any atom is 0.225 e. The number of benzene rings is 1. The van der Waals surface area contributed by atoms with Gasteiger partial charge in [0, 0.05) is 18.1 Å². The van der Waals surface area contributed by atoms with E-state index in [2.05, 4.69) is 20.1 Å². The number of hydrogen-bond acceptors (Lipinski definition) is 6. The standard InChI is InChI=1S/C10H11FN4OS/c1-2-16-9-4-3-7(5-8(9)11)6-12-10-13-14-15-17-10/h3-5H,2,6H2,1H3,(H,12,13,15). The molecule has 1 aromatic carbocycles. The van der Waals surface area contributed by atoms with Gasteiger partial charge in [-0.2, -0.15) is 0 Å². The topological polar surface area (TPSA) is 59.9 Å². The Hall–Kier alpha value is -1.76. The van der Waals surface area contributed by atoms with Gasteiger partial charge in [0.25, 0.3) is 0 Å². The molecule has 0 spiro atoms. The van der Waals surface area contributed by atoms with Gasteiger partial charge >= 0.3 is 0 Å². The average molecular weight is 254 g/mol. The van der Waals surface area contributed by atoms with E-state index in [1.807, 2.05) is 6.92 Å². The summed E-state index contributed by atoms with van der Waals surface area (Å²) in [6.07, 6.45) is 0. The number of rotatable bonds is 5. The van der Waals surface area contributed by atoms with Crippen LogP contribution in [0.3, 0.4) is 0 Å². The van der Waals surface area contributed by atoms with Crippen LogP contribution < -0.4 is 10.1 Å². The van der Waals surface area contributed by atoms with Gasteiger partial charge in [-0.3, -0.25) is 0 Å². The van der Waals surface area contributed by atoms with E-state index in [0.29, 0.717) is 18.3 Å². The highest BCUT2D eigenvalue weighted by atomic mass is 32.1. The Morgan fingerprint density at radius 3 is 3.00 bits per heavy atom. The number of halogens is 1. The molecule has 7 heteroatoms. The maximum absolute atomic E-state index is 13.5. The SMILES string of the molecule is CCOc1ccc(CNc2nnns2)cc1F. The number of anilines is 1. The fraction of sp³-hybridized carbons (Fsp3) is 0.300. The molecule has 0 aliphatic rings. The average Bonchev–Trinajstić information content (AvgIpc) is 2.83. The van der Waals surface area contributed by atoms with Crippen molar-refractivity contribution in [1.29, 1.82) is 0 Å². The first-order valence-corrected chi connectivity index (χ1v) is 5.87. The van der Waals surface area contributed by atoms with Crippen LogP contribution in [0, 0.1) is 5.82 Å². The molecule has 0 bridgehead atoms. The quantitative estimate of drug-likeness (QED) is 0.885. The van der Waals surface area contributed by atoms with Gasteiger partial charge in [0.15, 0.2) is 11.6 Å². The normalized spacial score (nSPS) is 10.2. The molecule has 0 unspecified atom stereocenters. The molecule has 0 atom stereocenters. The van der Waals surface area contributed by atoms with Crippen molar-refractivity contribution in [3.05, 3.63) is 29.6 Å². The van der Waals surface area contributed by atoms with Crippen molar-refractivity contribution in [2.24, 2.45) is 0 Å². The van der Waals surface area contributed by atoms with E-state index in [0.717, 1.165) is 17.1 Å². The third-order valence-electron chi connectivity index (χ3n) is 2.04. The van der Waals surface area contributed by atoms with Crippen molar-refractivity contribution in [2.75, 3.05) is 11.9 Å². The highest BCUT2D eigenvalue weighted by Gasteiger charge is 2.04. The fourth-order valence-electron chi connectivity index (χ4n) is 1.31. The van der Waals surface area contributed by atoms with Crippen molar-refractivity contribution in [3.8, 4) is 5.75 Å². The second kappa shape index (κ2) is 5.53. The summed E-state index contributed by atoms with van der Waals surface area (Å²) in [7, 11) is 0. The first-order chi connectivity index (χ1) is 8.29. The second-order valence-corrected chi connectivity index (χ2v) is 3.95. The molecule has 0 fully saturated rings. The largest absolute Gasteiger partial charge is 0.491 e. The summed E-state index contributed by atoms with van der Waals surface area (Å²) in [5, 5.41) is 10.8. The Labute approximate surface area is 102 Å². The summed E-state index contributed by atoms with van der Waals surface area (Å²) in [6, 6.07) is 4.86. The number of ether oxygens (including phenoxy) is 1. The van der Waals surface area contributed by atoms with Crippen molar-refractivity contribution >= 4 is 16.7 Å². The molecule has 0 saturated carbocycles. The molecule has 2 rings (SSSR count). The molecule has 1 heterocycles. The monoisotopic (exact) mass is 254 g/mol. The lowest BCUT2D eigenvalue weighted by atomic mass is 10.2. The van der Waals surface area contributed by atoms with E-state index in [1.165, 1.54) is 6.07 Å². The van der Waals surface area contributed by atoms with E-state index in [9.17, 15) is 4.39 Å². The summed E-state index contributed by atoms with van der Waals surface area (Å²) < 4.78 is 22.2. The Morgan fingerprint density at radius 2 is 2.35 bits per heavy atom. The molecule has 0 saturated heterocycles. The maximum atomic E-state index is 13.5. The van der Waals surface area contributed by atoms with Crippen LogP contribution in [-0.4, -0.2) is 21.4 Å². The second-order valence-electron chi connectivity index (χ2n) is 3.22. The minimum absolute atomic E-state index is 0.272. The van der Waals surface area contributed by atoms with Crippen LogP contribution in [0.25, 0.3) is 0 Å². The van der Waals surface area contributed by atoms with Crippen LogP contribution in [0.4, 0.5) is 9.52 Å². The van der Waals surface area contributed by atoms with Crippen molar-refractivity contribution in [2.45, 2.75) is 13.5 Å². The molecule has 90 valence electrons. The van der Waals surface area contributed by atoms with Gasteiger partial charge < -0.3 is 10.1 Å². The zero-order chi connectivity index (χ0) is 12.1. The van der Waals surface area contributed by atoms with Crippen LogP contribution in [0.2, 0.25) is 0 Å². The van der Waals surface area contributed by atoms with Crippen LogP contribution in [0.5, 0.6) is 5.75 Å². The zero-order valence-corrected chi connectivity index (χ0v) is 10.00. The third kappa shape index (κ3) is 3.10. The van der Waals surface area contributed by atoms with Gasteiger partial charge in [-0.25, -0.2) is 4.39 Å². The molecule has 17 heavy (non-hydrogen) atoms. The molecule has 0 amide bonds. The molecule has 1 aromatic heterocycles. The first kappa shape index (κ1) is 11.7. The Kier molecular flexibility index (Phi) is 3.81. The highest BCUT2D eigenvalue weighted by Crippen LogP contribution is 2.19. The van der Waals surface area contributed by atoms with Crippen LogP contribution in [-0.2, 0) is 6.54 Å². The molecule has 0 aliphatic carbocycles. The minimum atomic E-state index is -0.360. The smallest absolute Gasteiger partial charge is 0.225 e. The molecule has 2 aromatic rings. The van der Waals surface area contributed by atoms with Crippen molar-refractivity contribution in [1.82, 2.24) is 14.8 Å². The van der Waals surface area contributed by atoms with Gasteiger partial charge in [-0.15, -0.1) is 0 Å². The fourth-order valence-corrected chi connectivity index (χ4v) is 1.67. The van der Waals surface area contributed by atoms with E-state index >= 15 is 0 Å². The summed E-state index contributed by atoms with van der Waals surface area (Å²) in [5.74, 6) is -0.0876. The lowest BCUT2D eigenvalue weighted by molar-refractivity contribution is 0.321. The van der Waals surface area contributed by atoms with E-state index < -0.39 is 0 Å². The summed E-state index contributed by atoms with van der Waals surface area (Å²) in [4.78, 5) is 0. The Morgan fingerprint density at radius 1 is 1.47 bits per heavy atom. The molecule has 0 radical (unpaired) electrons. The molecule has 0 aliphatic heterocycles. The van der Waals surface area contributed by atoms with Gasteiger partial charge in [0.1, 0.15) is 0 Å². The number of nitrogens with one attached hydrogen (secondary N) is 1. The Bertz CT molecular complexity index is 477. The third-order valence-corrected chi connectivity index (χ3v) is 2.59. The Balaban J connectivity index is 2.00. The highest BCUT2D eigenvalue weighted by molar-refractivity contribution is 7.09. The molecule has 5 nitrogen and oxygen atoms in total. The zero-order valence-electron chi connectivity index (χ0n) is 9.18. The van der Waals surface area contributed by atoms with Gasteiger partial charge in [-0.05, 0) is 29.8 Å². The molecule has 1 N–H and O–H groups in total. The van der Waals surface area contributed by atoms with Crippen LogP contribution in [0.1, 0.15) is 12.5 Å². The lowest BCUT2D eigenvalue weighted by Gasteiger charge is -2.07. The van der Waals surface area contributed by atoms with Gasteiger partial charge in [-0.1, -0.05) is 15.7 Å². The number of hydrogen-bond donors (Lipinski definition) is 1.